The Bertz CT molecular complexity index is 425. The van der Waals surface area contributed by atoms with Gasteiger partial charge >= 0.3 is 0 Å². The number of hydrogen-bond donors (Lipinski definition) is 2. The summed E-state index contributed by atoms with van der Waals surface area (Å²) in [6.07, 6.45) is 7.57. The van der Waals surface area contributed by atoms with Gasteiger partial charge in [-0.1, -0.05) is 19.3 Å². The standard InChI is InChI=1S/C18H30N2O4/c21-17(14-6-8-23-11-14)19-10-16(13-4-2-1-3-5-13)20-18(22)15-7-9-24-12-15/h13-16H,1-12H2,(H,19,21)(H,20,22). The molecule has 3 unspecified atom stereocenters. The summed E-state index contributed by atoms with van der Waals surface area (Å²) in [5.41, 5.74) is 0. The van der Waals surface area contributed by atoms with Crippen LogP contribution in [0.1, 0.15) is 44.9 Å². The largest absolute Gasteiger partial charge is 0.381 e. The molecule has 0 aromatic carbocycles. The van der Waals surface area contributed by atoms with Crippen LogP contribution in [0.25, 0.3) is 0 Å². The number of carbonyl (C=O) groups is 2. The van der Waals surface area contributed by atoms with Crippen molar-refractivity contribution in [3.63, 3.8) is 0 Å². The lowest BCUT2D eigenvalue weighted by Crippen LogP contribution is -2.50. The van der Waals surface area contributed by atoms with Gasteiger partial charge in [0.05, 0.1) is 25.0 Å². The third-order valence-electron chi connectivity index (χ3n) is 5.64. The molecule has 0 radical (unpaired) electrons. The van der Waals surface area contributed by atoms with E-state index in [1.807, 2.05) is 0 Å². The fourth-order valence-electron chi connectivity index (χ4n) is 4.01. The SMILES string of the molecule is O=C(NCC(NC(=O)C1CCOC1)C1CCCCC1)C1CCOC1. The van der Waals surface area contributed by atoms with Crippen molar-refractivity contribution >= 4 is 11.8 Å². The molecule has 2 saturated heterocycles. The molecule has 6 nitrogen and oxygen atoms in total. The maximum absolute atomic E-state index is 12.5. The molecule has 0 aromatic rings. The first kappa shape index (κ1) is 17.7. The molecule has 2 N–H and O–H groups in total. The highest BCUT2D eigenvalue weighted by atomic mass is 16.5. The molecule has 2 amide bonds. The van der Waals surface area contributed by atoms with Crippen molar-refractivity contribution in [3.8, 4) is 0 Å². The summed E-state index contributed by atoms with van der Waals surface area (Å²) in [7, 11) is 0. The summed E-state index contributed by atoms with van der Waals surface area (Å²) in [5.74, 6) is 0.546. The van der Waals surface area contributed by atoms with Gasteiger partial charge in [-0.2, -0.15) is 0 Å². The molecule has 3 aliphatic rings. The van der Waals surface area contributed by atoms with Crippen molar-refractivity contribution in [1.29, 1.82) is 0 Å². The van der Waals surface area contributed by atoms with Crippen LogP contribution in [0, 0.1) is 17.8 Å². The van der Waals surface area contributed by atoms with Gasteiger partial charge in [0.2, 0.25) is 11.8 Å². The second-order valence-corrected chi connectivity index (χ2v) is 7.38. The van der Waals surface area contributed by atoms with Crippen LogP contribution in [0.4, 0.5) is 0 Å². The molecule has 6 heteroatoms. The monoisotopic (exact) mass is 338 g/mol. The summed E-state index contributed by atoms with van der Waals surface area (Å²) in [6.45, 7) is 2.91. The number of ether oxygens (including phenoxy) is 2. The van der Waals surface area contributed by atoms with E-state index < -0.39 is 0 Å². The molecule has 3 rings (SSSR count). The van der Waals surface area contributed by atoms with Gasteiger partial charge in [-0.25, -0.2) is 0 Å². The van der Waals surface area contributed by atoms with E-state index in [0.29, 0.717) is 38.9 Å². The van der Waals surface area contributed by atoms with E-state index in [-0.39, 0.29) is 29.7 Å². The highest BCUT2D eigenvalue weighted by Gasteiger charge is 2.31. The highest BCUT2D eigenvalue weighted by Crippen LogP contribution is 2.27. The predicted octanol–water partition coefficient (Wildman–Crippen LogP) is 1.24. The third-order valence-corrected chi connectivity index (χ3v) is 5.64. The minimum absolute atomic E-state index is 0.0315. The van der Waals surface area contributed by atoms with Crippen molar-refractivity contribution in [2.24, 2.45) is 17.8 Å². The van der Waals surface area contributed by atoms with Crippen LogP contribution in [0.2, 0.25) is 0 Å². The van der Waals surface area contributed by atoms with Gasteiger partial charge < -0.3 is 20.1 Å². The molecule has 1 aliphatic carbocycles. The smallest absolute Gasteiger partial charge is 0.225 e. The Morgan fingerprint density at radius 2 is 1.50 bits per heavy atom. The Hall–Kier alpha value is -1.14. The molecule has 2 aliphatic heterocycles. The second-order valence-electron chi connectivity index (χ2n) is 7.38. The fraction of sp³-hybridized carbons (Fsp3) is 0.889. The molecule has 0 bridgehead atoms. The summed E-state index contributed by atoms with van der Waals surface area (Å²) in [4.78, 5) is 24.7. The number of amides is 2. The predicted molar refractivity (Wildman–Crippen MR) is 89.4 cm³/mol. The van der Waals surface area contributed by atoms with E-state index >= 15 is 0 Å². The number of carbonyl (C=O) groups excluding carboxylic acids is 2. The Balaban J connectivity index is 1.54. The second kappa shape index (κ2) is 8.81. The Morgan fingerprint density at radius 3 is 2.08 bits per heavy atom. The first-order valence-corrected chi connectivity index (χ1v) is 9.47. The van der Waals surface area contributed by atoms with Gasteiger partial charge in [0.25, 0.3) is 0 Å². The van der Waals surface area contributed by atoms with Gasteiger partial charge in [0.1, 0.15) is 0 Å². The third kappa shape index (κ3) is 4.70. The van der Waals surface area contributed by atoms with Gasteiger partial charge in [-0.05, 0) is 31.6 Å². The molecule has 1 saturated carbocycles. The van der Waals surface area contributed by atoms with Crippen LogP contribution in [0.5, 0.6) is 0 Å². The van der Waals surface area contributed by atoms with Crippen LogP contribution >= 0.6 is 0 Å². The van der Waals surface area contributed by atoms with Gasteiger partial charge in [-0.3, -0.25) is 9.59 Å². The molecule has 2 heterocycles. The lowest BCUT2D eigenvalue weighted by Gasteiger charge is -2.32. The Kier molecular flexibility index (Phi) is 6.49. The lowest BCUT2D eigenvalue weighted by atomic mass is 9.83. The molecule has 3 atom stereocenters. The molecule has 24 heavy (non-hydrogen) atoms. The Morgan fingerprint density at radius 1 is 0.875 bits per heavy atom. The maximum atomic E-state index is 12.5. The molecule has 3 fully saturated rings. The Labute approximate surface area is 144 Å². The minimum Gasteiger partial charge on any atom is -0.381 e. The summed E-state index contributed by atoms with van der Waals surface area (Å²) < 4.78 is 10.6. The van der Waals surface area contributed by atoms with Crippen molar-refractivity contribution in [1.82, 2.24) is 10.6 Å². The van der Waals surface area contributed by atoms with Gasteiger partial charge in [0, 0.05) is 25.8 Å². The quantitative estimate of drug-likeness (QED) is 0.764. The van der Waals surface area contributed by atoms with Gasteiger partial charge in [0.15, 0.2) is 0 Å². The van der Waals surface area contributed by atoms with Crippen molar-refractivity contribution in [3.05, 3.63) is 0 Å². The molecular weight excluding hydrogens is 308 g/mol. The normalized spacial score (nSPS) is 29.3. The van der Waals surface area contributed by atoms with Crippen LogP contribution in [0.3, 0.4) is 0 Å². The highest BCUT2D eigenvalue weighted by molar-refractivity contribution is 5.80. The van der Waals surface area contributed by atoms with E-state index in [2.05, 4.69) is 10.6 Å². The molecular formula is C18H30N2O4. The van der Waals surface area contributed by atoms with E-state index in [9.17, 15) is 9.59 Å². The van der Waals surface area contributed by atoms with E-state index in [1.54, 1.807) is 0 Å². The first-order chi connectivity index (χ1) is 11.7. The number of rotatable bonds is 6. The summed E-state index contributed by atoms with van der Waals surface area (Å²) in [6, 6.07) is 0.0321. The van der Waals surface area contributed by atoms with Crippen LogP contribution in [-0.2, 0) is 19.1 Å². The number of nitrogens with one attached hydrogen (secondary N) is 2. The molecule has 0 spiro atoms. The summed E-state index contributed by atoms with van der Waals surface area (Å²) in [5, 5.41) is 6.26. The van der Waals surface area contributed by atoms with E-state index in [0.717, 1.165) is 25.7 Å². The summed E-state index contributed by atoms with van der Waals surface area (Å²) >= 11 is 0. The first-order valence-electron chi connectivity index (χ1n) is 9.47. The van der Waals surface area contributed by atoms with Crippen molar-refractivity contribution in [2.45, 2.75) is 51.0 Å². The minimum atomic E-state index is -0.0324. The topological polar surface area (TPSA) is 76.7 Å². The van der Waals surface area contributed by atoms with E-state index in [1.165, 1.54) is 19.3 Å². The molecule has 0 aromatic heterocycles. The van der Waals surface area contributed by atoms with E-state index in [4.69, 9.17) is 9.47 Å². The van der Waals surface area contributed by atoms with Crippen molar-refractivity contribution in [2.75, 3.05) is 33.0 Å². The lowest BCUT2D eigenvalue weighted by molar-refractivity contribution is -0.128. The zero-order chi connectivity index (χ0) is 16.8. The fourth-order valence-corrected chi connectivity index (χ4v) is 4.01. The zero-order valence-corrected chi connectivity index (χ0v) is 14.4. The van der Waals surface area contributed by atoms with Crippen LogP contribution < -0.4 is 10.6 Å². The van der Waals surface area contributed by atoms with Crippen LogP contribution in [-0.4, -0.2) is 50.8 Å². The zero-order valence-electron chi connectivity index (χ0n) is 14.4. The molecule has 136 valence electrons. The maximum Gasteiger partial charge on any atom is 0.225 e. The number of hydrogen-bond acceptors (Lipinski definition) is 4. The van der Waals surface area contributed by atoms with Crippen molar-refractivity contribution < 1.29 is 19.1 Å². The van der Waals surface area contributed by atoms with Gasteiger partial charge in [-0.15, -0.1) is 0 Å². The average molecular weight is 338 g/mol. The van der Waals surface area contributed by atoms with Crippen LogP contribution in [0.15, 0.2) is 0 Å². The average Bonchev–Trinajstić information content (AvgIpc) is 3.32.